The summed E-state index contributed by atoms with van der Waals surface area (Å²) in [6, 6.07) is 6.56. The Hall–Kier alpha value is -1.44. The summed E-state index contributed by atoms with van der Waals surface area (Å²) in [4.78, 5) is 11.8. The van der Waals surface area contributed by atoms with Gasteiger partial charge in [0, 0.05) is 13.0 Å². The van der Waals surface area contributed by atoms with Gasteiger partial charge in [0.15, 0.2) is 0 Å². The van der Waals surface area contributed by atoms with Gasteiger partial charge in [-0.3, -0.25) is 4.79 Å². The number of rotatable bonds is 9. The fourth-order valence-corrected chi connectivity index (χ4v) is 2.52. The summed E-state index contributed by atoms with van der Waals surface area (Å²) in [6.45, 7) is 1.54. The van der Waals surface area contributed by atoms with E-state index in [0.717, 1.165) is 18.5 Å². The highest BCUT2D eigenvalue weighted by Gasteiger charge is 2.10. The van der Waals surface area contributed by atoms with E-state index < -0.39 is 10.0 Å². The quantitative estimate of drug-likeness (QED) is 0.571. The Morgan fingerprint density at radius 3 is 2.33 bits per heavy atom. The van der Waals surface area contributed by atoms with Gasteiger partial charge in [0.1, 0.15) is 0 Å². The van der Waals surface area contributed by atoms with E-state index >= 15 is 0 Å². The van der Waals surface area contributed by atoms with Gasteiger partial charge in [-0.25, -0.2) is 13.1 Å². The van der Waals surface area contributed by atoms with Crippen LogP contribution in [0, 0.1) is 0 Å². The molecule has 1 amide bonds. The van der Waals surface area contributed by atoms with E-state index in [1.165, 1.54) is 7.05 Å². The zero-order valence-electron chi connectivity index (χ0n) is 12.5. The maximum atomic E-state index is 11.6. The number of sulfonamides is 1. The molecule has 6 nitrogen and oxygen atoms in total. The molecule has 0 saturated heterocycles. The van der Waals surface area contributed by atoms with Crippen LogP contribution in [0.3, 0.4) is 0 Å². The standard InChI is InChI=1S/C14H23N3O3S/c1-15-10-3-11-17-14(18)9-6-12-4-7-13(8-5-12)21(19,20)16-2/h4-5,7-8,15-16H,3,6,9-11H2,1-2H3,(H,17,18). The smallest absolute Gasteiger partial charge is 0.240 e. The summed E-state index contributed by atoms with van der Waals surface area (Å²) in [6.07, 6.45) is 1.90. The Morgan fingerprint density at radius 1 is 1.10 bits per heavy atom. The van der Waals surface area contributed by atoms with Gasteiger partial charge >= 0.3 is 0 Å². The van der Waals surface area contributed by atoms with E-state index in [2.05, 4.69) is 15.4 Å². The van der Waals surface area contributed by atoms with Crippen molar-refractivity contribution < 1.29 is 13.2 Å². The second kappa shape index (κ2) is 8.76. The highest BCUT2D eigenvalue weighted by atomic mass is 32.2. The molecule has 0 aliphatic heterocycles. The first-order valence-corrected chi connectivity index (χ1v) is 8.41. The third-order valence-electron chi connectivity index (χ3n) is 3.07. The highest BCUT2D eigenvalue weighted by Crippen LogP contribution is 2.11. The molecular weight excluding hydrogens is 290 g/mol. The molecule has 0 heterocycles. The lowest BCUT2D eigenvalue weighted by atomic mass is 10.1. The Bertz CT molecular complexity index is 541. The third kappa shape index (κ3) is 6.24. The number of hydrogen-bond acceptors (Lipinski definition) is 4. The summed E-state index contributed by atoms with van der Waals surface area (Å²) >= 11 is 0. The molecule has 0 atom stereocenters. The van der Waals surface area contributed by atoms with Crippen LogP contribution in [0.1, 0.15) is 18.4 Å². The van der Waals surface area contributed by atoms with Crippen molar-refractivity contribution in [1.82, 2.24) is 15.4 Å². The van der Waals surface area contributed by atoms with Crippen LogP contribution in [0.2, 0.25) is 0 Å². The van der Waals surface area contributed by atoms with Crippen molar-refractivity contribution in [1.29, 1.82) is 0 Å². The molecule has 1 rings (SSSR count). The normalized spacial score (nSPS) is 11.3. The number of amides is 1. The fraction of sp³-hybridized carbons (Fsp3) is 0.500. The summed E-state index contributed by atoms with van der Waals surface area (Å²) in [5, 5.41) is 5.86. The lowest BCUT2D eigenvalue weighted by molar-refractivity contribution is -0.121. The molecule has 7 heteroatoms. The first-order valence-electron chi connectivity index (χ1n) is 6.93. The molecule has 0 aromatic heterocycles. The molecule has 0 bridgehead atoms. The Balaban J connectivity index is 2.41. The van der Waals surface area contributed by atoms with E-state index in [1.54, 1.807) is 24.3 Å². The fourth-order valence-electron chi connectivity index (χ4n) is 1.79. The number of carbonyl (C=O) groups is 1. The van der Waals surface area contributed by atoms with Crippen molar-refractivity contribution in [2.45, 2.75) is 24.2 Å². The van der Waals surface area contributed by atoms with Gasteiger partial charge in [-0.2, -0.15) is 0 Å². The van der Waals surface area contributed by atoms with Crippen LogP contribution < -0.4 is 15.4 Å². The molecule has 0 aliphatic carbocycles. The largest absolute Gasteiger partial charge is 0.356 e. The minimum Gasteiger partial charge on any atom is -0.356 e. The van der Waals surface area contributed by atoms with Gasteiger partial charge < -0.3 is 10.6 Å². The van der Waals surface area contributed by atoms with E-state index in [-0.39, 0.29) is 10.8 Å². The average Bonchev–Trinajstić information content (AvgIpc) is 2.50. The predicted molar refractivity (Wildman–Crippen MR) is 82.6 cm³/mol. The van der Waals surface area contributed by atoms with Crippen LogP contribution in [0.25, 0.3) is 0 Å². The summed E-state index contributed by atoms with van der Waals surface area (Å²) in [5.41, 5.74) is 0.940. The van der Waals surface area contributed by atoms with Crippen LogP contribution in [-0.2, 0) is 21.2 Å². The number of aryl methyl sites for hydroxylation is 1. The monoisotopic (exact) mass is 313 g/mol. The van der Waals surface area contributed by atoms with E-state index in [4.69, 9.17) is 0 Å². The minimum absolute atomic E-state index is 0.0121. The molecule has 0 saturated carbocycles. The molecule has 0 aliphatic rings. The van der Waals surface area contributed by atoms with Crippen molar-refractivity contribution in [3.05, 3.63) is 29.8 Å². The molecule has 21 heavy (non-hydrogen) atoms. The predicted octanol–water partition coefficient (Wildman–Crippen LogP) is 0.253. The van der Waals surface area contributed by atoms with Gasteiger partial charge in [0.2, 0.25) is 15.9 Å². The zero-order valence-corrected chi connectivity index (χ0v) is 13.3. The number of nitrogens with one attached hydrogen (secondary N) is 3. The van der Waals surface area contributed by atoms with E-state index in [0.29, 0.717) is 19.4 Å². The molecule has 1 aromatic carbocycles. The second-order valence-corrected chi connectivity index (χ2v) is 6.55. The maximum absolute atomic E-state index is 11.6. The summed E-state index contributed by atoms with van der Waals surface area (Å²) in [5.74, 6) is 0.0121. The SMILES string of the molecule is CNCCCNC(=O)CCc1ccc(S(=O)(=O)NC)cc1. The topological polar surface area (TPSA) is 87.3 Å². The molecule has 3 N–H and O–H groups in total. The highest BCUT2D eigenvalue weighted by molar-refractivity contribution is 7.89. The van der Waals surface area contributed by atoms with Crippen LogP contribution in [0.5, 0.6) is 0 Å². The number of carbonyl (C=O) groups excluding carboxylic acids is 1. The van der Waals surface area contributed by atoms with Gasteiger partial charge in [-0.15, -0.1) is 0 Å². The molecule has 0 fully saturated rings. The first-order chi connectivity index (χ1) is 9.99. The van der Waals surface area contributed by atoms with Crippen molar-refractivity contribution in [3.8, 4) is 0 Å². The Morgan fingerprint density at radius 2 is 1.76 bits per heavy atom. The van der Waals surface area contributed by atoms with Gasteiger partial charge in [0.05, 0.1) is 4.90 Å². The minimum atomic E-state index is -3.40. The van der Waals surface area contributed by atoms with Gasteiger partial charge in [-0.05, 0) is 51.2 Å². The van der Waals surface area contributed by atoms with Crippen molar-refractivity contribution in [3.63, 3.8) is 0 Å². The molecule has 0 radical (unpaired) electrons. The van der Waals surface area contributed by atoms with Crippen LogP contribution in [0.4, 0.5) is 0 Å². The van der Waals surface area contributed by atoms with Gasteiger partial charge in [-0.1, -0.05) is 12.1 Å². The molecular formula is C14H23N3O3S. The molecule has 0 spiro atoms. The first kappa shape index (κ1) is 17.6. The number of hydrogen-bond donors (Lipinski definition) is 3. The van der Waals surface area contributed by atoms with Crippen LogP contribution >= 0.6 is 0 Å². The average molecular weight is 313 g/mol. The van der Waals surface area contributed by atoms with Crippen LogP contribution in [-0.4, -0.2) is 41.5 Å². The molecule has 0 unspecified atom stereocenters. The Kier molecular flexibility index (Phi) is 7.35. The van der Waals surface area contributed by atoms with Crippen LogP contribution in [0.15, 0.2) is 29.2 Å². The lowest BCUT2D eigenvalue weighted by Gasteiger charge is -2.06. The maximum Gasteiger partial charge on any atom is 0.240 e. The second-order valence-electron chi connectivity index (χ2n) is 4.66. The van der Waals surface area contributed by atoms with E-state index in [1.807, 2.05) is 7.05 Å². The van der Waals surface area contributed by atoms with E-state index in [9.17, 15) is 13.2 Å². The third-order valence-corrected chi connectivity index (χ3v) is 4.50. The molecule has 1 aromatic rings. The Labute approximate surface area is 126 Å². The summed E-state index contributed by atoms with van der Waals surface area (Å²) in [7, 11) is -0.148. The van der Waals surface area contributed by atoms with Crippen molar-refractivity contribution in [2.24, 2.45) is 0 Å². The summed E-state index contributed by atoms with van der Waals surface area (Å²) < 4.78 is 25.4. The lowest BCUT2D eigenvalue weighted by Crippen LogP contribution is -2.26. The van der Waals surface area contributed by atoms with Gasteiger partial charge in [0.25, 0.3) is 0 Å². The molecule has 118 valence electrons. The number of benzene rings is 1. The van der Waals surface area contributed by atoms with Crippen molar-refractivity contribution >= 4 is 15.9 Å². The van der Waals surface area contributed by atoms with Crippen molar-refractivity contribution in [2.75, 3.05) is 27.2 Å². The zero-order chi connectivity index (χ0) is 15.7.